The van der Waals surface area contributed by atoms with Crippen molar-refractivity contribution in [2.24, 2.45) is 0 Å². The van der Waals surface area contributed by atoms with Crippen molar-refractivity contribution in [1.29, 1.82) is 0 Å². The maximum atomic E-state index is 12.9. The summed E-state index contributed by atoms with van der Waals surface area (Å²) >= 11 is 0. The van der Waals surface area contributed by atoms with E-state index in [2.05, 4.69) is 10.6 Å². The van der Waals surface area contributed by atoms with Crippen LogP contribution in [-0.4, -0.2) is 27.5 Å². The SMILES string of the molecule is O=C(CS(=O)CC(=O)Nc1ccc(C2CCCCC2)cc1)Nc1ccc(F)cc1. The lowest BCUT2D eigenvalue weighted by atomic mass is 9.84. The third-order valence-corrected chi connectivity index (χ3v) is 6.15. The predicted molar refractivity (Wildman–Crippen MR) is 114 cm³/mol. The van der Waals surface area contributed by atoms with Gasteiger partial charge in [-0.15, -0.1) is 0 Å². The van der Waals surface area contributed by atoms with Gasteiger partial charge < -0.3 is 10.6 Å². The van der Waals surface area contributed by atoms with Gasteiger partial charge in [-0.2, -0.15) is 0 Å². The molecule has 0 radical (unpaired) electrons. The van der Waals surface area contributed by atoms with Crippen LogP contribution in [0.3, 0.4) is 0 Å². The highest BCUT2D eigenvalue weighted by molar-refractivity contribution is 7.86. The predicted octanol–water partition coefficient (Wildman–Crippen LogP) is 4.20. The number of halogens is 1. The molecule has 29 heavy (non-hydrogen) atoms. The van der Waals surface area contributed by atoms with E-state index in [-0.39, 0.29) is 11.5 Å². The number of carbonyl (C=O) groups excluding carboxylic acids is 2. The fraction of sp³-hybridized carbons (Fsp3) is 0.364. The van der Waals surface area contributed by atoms with Crippen molar-refractivity contribution in [2.45, 2.75) is 38.0 Å². The zero-order valence-electron chi connectivity index (χ0n) is 16.2. The normalized spacial score (nSPS) is 15.5. The lowest BCUT2D eigenvalue weighted by Crippen LogP contribution is -2.26. The summed E-state index contributed by atoms with van der Waals surface area (Å²) < 4.78 is 25.0. The Morgan fingerprint density at radius 1 is 0.828 bits per heavy atom. The molecule has 1 saturated carbocycles. The first-order valence-electron chi connectivity index (χ1n) is 9.80. The minimum Gasteiger partial charge on any atom is -0.325 e. The highest BCUT2D eigenvalue weighted by Gasteiger charge is 2.16. The molecule has 2 aromatic carbocycles. The minimum absolute atomic E-state index is 0.263. The molecule has 2 N–H and O–H groups in total. The third kappa shape index (κ3) is 6.78. The molecule has 1 aliphatic carbocycles. The lowest BCUT2D eigenvalue weighted by Gasteiger charge is -2.22. The van der Waals surface area contributed by atoms with Gasteiger partial charge in [0.15, 0.2) is 0 Å². The first-order valence-corrected chi connectivity index (χ1v) is 11.3. The van der Waals surface area contributed by atoms with Crippen molar-refractivity contribution in [2.75, 3.05) is 22.1 Å². The van der Waals surface area contributed by atoms with Crippen LogP contribution in [0.15, 0.2) is 48.5 Å². The summed E-state index contributed by atoms with van der Waals surface area (Å²) in [6, 6.07) is 13.1. The van der Waals surface area contributed by atoms with Crippen molar-refractivity contribution in [3.8, 4) is 0 Å². The van der Waals surface area contributed by atoms with Crippen molar-refractivity contribution >= 4 is 34.0 Å². The lowest BCUT2D eigenvalue weighted by molar-refractivity contribution is -0.114. The van der Waals surface area contributed by atoms with Crippen LogP contribution in [0.4, 0.5) is 15.8 Å². The van der Waals surface area contributed by atoms with Gasteiger partial charge in [-0.05, 0) is 60.7 Å². The van der Waals surface area contributed by atoms with Gasteiger partial charge in [0.1, 0.15) is 17.3 Å². The molecule has 0 bridgehead atoms. The Labute approximate surface area is 172 Å². The van der Waals surface area contributed by atoms with Crippen LogP contribution >= 0.6 is 0 Å². The summed E-state index contributed by atoms with van der Waals surface area (Å²) in [7, 11) is -1.64. The van der Waals surface area contributed by atoms with Crippen LogP contribution in [0.1, 0.15) is 43.6 Å². The number of carbonyl (C=O) groups is 2. The maximum Gasteiger partial charge on any atom is 0.237 e. The molecule has 1 unspecified atom stereocenters. The number of hydrogen-bond acceptors (Lipinski definition) is 3. The fourth-order valence-electron chi connectivity index (χ4n) is 3.55. The third-order valence-electron chi connectivity index (χ3n) is 4.98. The number of benzene rings is 2. The first-order chi connectivity index (χ1) is 14.0. The second kappa shape index (κ2) is 10.3. The Bertz CT molecular complexity index is 863. The van der Waals surface area contributed by atoms with E-state index in [0.29, 0.717) is 17.3 Å². The second-order valence-corrected chi connectivity index (χ2v) is 8.75. The van der Waals surface area contributed by atoms with E-state index in [0.717, 1.165) is 0 Å². The molecular weight excluding hydrogens is 391 g/mol. The number of amides is 2. The quantitative estimate of drug-likeness (QED) is 0.710. The minimum atomic E-state index is -1.64. The smallest absolute Gasteiger partial charge is 0.237 e. The average Bonchev–Trinajstić information content (AvgIpc) is 2.70. The van der Waals surface area contributed by atoms with Crippen molar-refractivity contribution < 1.29 is 18.2 Å². The van der Waals surface area contributed by atoms with Crippen molar-refractivity contribution in [1.82, 2.24) is 0 Å². The molecule has 154 valence electrons. The zero-order valence-corrected chi connectivity index (χ0v) is 17.0. The van der Waals surface area contributed by atoms with E-state index in [9.17, 15) is 18.2 Å². The highest BCUT2D eigenvalue weighted by Crippen LogP contribution is 2.32. The van der Waals surface area contributed by atoms with Crippen molar-refractivity contribution in [3.05, 3.63) is 59.9 Å². The largest absolute Gasteiger partial charge is 0.325 e. The molecule has 1 atom stereocenters. The van der Waals surface area contributed by atoms with Crippen LogP contribution in [0.2, 0.25) is 0 Å². The van der Waals surface area contributed by atoms with Crippen LogP contribution in [-0.2, 0) is 20.4 Å². The first kappa shape index (κ1) is 21.2. The van der Waals surface area contributed by atoms with Gasteiger partial charge in [0.25, 0.3) is 0 Å². The molecule has 0 saturated heterocycles. The van der Waals surface area contributed by atoms with E-state index >= 15 is 0 Å². The van der Waals surface area contributed by atoms with E-state index in [4.69, 9.17) is 0 Å². The summed E-state index contributed by atoms with van der Waals surface area (Å²) in [5, 5.41) is 5.26. The van der Waals surface area contributed by atoms with Crippen LogP contribution in [0, 0.1) is 5.82 Å². The molecule has 0 heterocycles. The Kier molecular flexibility index (Phi) is 7.52. The standard InChI is InChI=1S/C22H25FN2O3S/c23-18-8-12-20(13-9-18)25-22(27)15-29(28)14-21(26)24-19-10-6-17(7-11-19)16-4-2-1-3-5-16/h6-13,16H,1-5,14-15H2,(H,24,26)(H,25,27). The molecular formula is C22H25FN2O3S. The number of nitrogens with one attached hydrogen (secondary N) is 2. The average molecular weight is 417 g/mol. The van der Waals surface area contributed by atoms with Crippen LogP contribution < -0.4 is 10.6 Å². The molecule has 2 aromatic rings. The fourth-order valence-corrected chi connectivity index (χ4v) is 4.38. The number of hydrogen-bond donors (Lipinski definition) is 2. The summed E-state index contributed by atoms with van der Waals surface area (Å²) in [6.45, 7) is 0. The van der Waals surface area contributed by atoms with Gasteiger partial charge in [-0.25, -0.2) is 4.39 Å². The van der Waals surface area contributed by atoms with Gasteiger partial charge in [0.2, 0.25) is 11.8 Å². The molecule has 1 fully saturated rings. The molecule has 2 amide bonds. The molecule has 7 heteroatoms. The zero-order chi connectivity index (χ0) is 20.6. The summed E-state index contributed by atoms with van der Waals surface area (Å²) in [6.07, 6.45) is 6.27. The molecule has 0 aromatic heterocycles. The van der Waals surface area contributed by atoms with E-state index in [1.807, 2.05) is 24.3 Å². The molecule has 1 aliphatic rings. The van der Waals surface area contributed by atoms with Gasteiger partial charge >= 0.3 is 0 Å². The van der Waals surface area contributed by atoms with Gasteiger partial charge in [0.05, 0.1) is 0 Å². The van der Waals surface area contributed by atoms with Gasteiger partial charge in [0, 0.05) is 22.2 Å². The topological polar surface area (TPSA) is 75.3 Å². The van der Waals surface area contributed by atoms with E-state index in [1.54, 1.807) is 0 Å². The maximum absolute atomic E-state index is 12.9. The Morgan fingerprint density at radius 3 is 1.83 bits per heavy atom. The van der Waals surface area contributed by atoms with Gasteiger partial charge in [-0.3, -0.25) is 13.8 Å². The summed E-state index contributed by atoms with van der Waals surface area (Å²) in [4.78, 5) is 24.0. The Morgan fingerprint density at radius 2 is 1.31 bits per heavy atom. The van der Waals surface area contributed by atoms with Crippen LogP contribution in [0.25, 0.3) is 0 Å². The Hall–Kier alpha value is -2.54. The number of rotatable bonds is 7. The number of anilines is 2. The molecule has 3 rings (SSSR count). The Balaban J connectivity index is 1.44. The monoisotopic (exact) mass is 416 g/mol. The van der Waals surface area contributed by atoms with Crippen LogP contribution in [0.5, 0.6) is 0 Å². The van der Waals surface area contributed by atoms with E-state index in [1.165, 1.54) is 61.9 Å². The highest BCUT2D eigenvalue weighted by atomic mass is 32.2. The van der Waals surface area contributed by atoms with Crippen molar-refractivity contribution in [3.63, 3.8) is 0 Å². The second-order valence-electron chi connectivity index (χ2n) is 7.29. The molecule has 0 spiro atoms. The van der Waals surface area contributed by atoms with E-state index < -0.39 is 28.4 Å². The molecule has 0 aliphatic heterocycles. The van der Waals surface area contributed by atoms with Gasteiger partial charge in [-0.1, -0.05) is 31.4 Å². The summed E-state index contributed by atoms with van der Waals surface area (Å²) in [5.74, 6) is -1.26. The summed E-state index contributed by atoms with van der Waals surface area (Å²) in [5.41, 5.74) is 2.36. The molecule has 5 nitrogen and oxygen atoms in total.